The summed E-state index contributed by atoms with van der Waals surface area (Å²) in [5.74, 6) is -1.29. The normalized spacial score (nSPS) is 12.2. The van der Waals surface area contributed by atoms with Gasteiger partial charge in [-0.15, -0.1) is 0 Å². The van der Waals surface area contributed by atoms with Crippen molar-refractivity contribution in [3.05, 3.63) is 75.9 Å². The fourth-order valence-corrected chi connectivity index (χ4v) is 3.02. The van der Waals surface area contributed by atoms with Gasteiger partial charge in [-0.25, -0.2) is 8.78 Å². The van der Waals surface area contributed by atoms with Crippen molar-refractivity contribution >= 4 is 21.8 Å². The van der Waals surface area contributed by atoms with Gasteiger partial charge in [0.25, 0.3) is 5.91 Å². The minimum Gasteiger partial charge on any atom is -0.355 e. The van der Waals surface area contributed by atoms with Gasteiger partial charge in [0.1, 0.15) is 11.6 Å². The maximum atomic E-state index is 14.1. The van der Waals surface area contributed by atoms with Gasteiger partial charge in [0.2, 0.25) is 0 Å². The van der Waals surface area contributed by atoms with Gasteiger partial charge in [-0.3, -0.25) is 4.79 Å². The third-order valence-electron chi connectivity index (χ3n) is 4.27. The Morgan fingerprint density at radius 2 is 1.89 bits per heavy atom. The molecule has 0 saturated heterocycles. The van der Waals surface area contributed by atoms with Crippen molar-refractivity contribution < 1.29 is 18.1 Å². The molecule has 0 aliphatic carbocycles. The first-order valence-electron chi connectivity index (χ1n) is 8.47. The monoisotopic (exact) mass is 449 g/mol. The summed E-state index contributed by atoms with van der Waals surface area (Å²) in [4.78, 5) is 14.2. The Morgan fingerprint density at radius 1 is 1.18 bits per heavy atom. The molecule has 0 unspecified atom stereocenters. The van der Waals surface area contributed by atoms with Crippen LogP contribution in [0.5, 0.6) is 0 Å². The lowest BCUT2D eigenvalue weighted by Gasteiger charge is -2.25. The molecule has 1 N–H and O–H groups in total. The van der Waals surface area contributed by atoms with E-state index in [2.05, 4.69) is 26.4 Å². The van der Waals surface area contributed by atoms with E-state index in [1.165, 1.54) is 12.1 Å². The lowest BCUT2D eigenvalue weighted by molar-refractivity contribution is 0.0932. The van der Waals surface area contributed by atoms with Crippen LogP contribution in [0.25, 0.3) is 11.3 Å². The Balaban J connectivity index is 1.71. The zero-order valence-electron chi connectivity index (χ0n) is 15.2. The summed E-state index contributed by atoms with van der Waals surface area (Å²) >= 11 is 3.36. The molecular weight excluding hydrogens is 432 g/mol. The van der Waals surface area contributed by atoms with Crippen LogP contribution in [0.15, 0.2) is 57.5 Å². The number of carbonyl (C=O) groups excluding carboxylic acids is 1. The minimum absolute atomic E-state index is 0.120. The molecule has 28 heavy (non-hydrogen) atoms. The Labute approximate surface area is 169 Å². The number of nitrogens with zero attached hydrogens (tertiary/aromatic N) is 2. The van der Waals surface area contributed by atoms with E-state index in [0.717, 1.165) is 16.1 Å². The zero-order chi connectivity index (χ0) is 20.3. The van der Waals surface area contributed by atoms with E-state index in [0.29, 0.717) is 11.3 Å². The number of hydrogen-bond donors (Lipinski definition) is 1. The van der Waals surface area contributed by atoms with Crippen molar-refractivity contribution in [3.8, 4) is 11.3 Å². The molecule has 2 aromatic carbocycles. The Kier molecular flexibility index (Phi) is 6.21. The first-order valence-corrected chi connectivity index (χ1v) is 9.26. The summed E-state index contributed by atoms with van der Waals surface area (Å²) in [5.41, 5.74) is 1.20. The van der Waals surface area contributed by atoms with E-state index in [1.54, 1.807) is 25.1 Å². The highest BCUT2D eigenvalue weighted by Gasteiger charge is 2.21. The van der Waals surface area contributed by atoms with Crippen molar-refractivity contribution in [1.82, 2.24) is 15.4 Å². The molecule has 146 valence electrons. The predicted molar refractivity (Wildman–Crippen MR) is 105 cm³/mol. The van der Waals surface area contributed by atoms with Gasteiger partial charge in [-0.05, 0) is 32.3 Å². The quantitative estimate of drug-likeness (QED) is 0.605. The number of halogens is 3. The second-order valence-corrected chi connectivity index (χ2v) is 7.35. The Hall–Kier alpha value is -2.58. The third-order valence-corrected chi connectivity index (χ3v) is 4.80. The topological polar surface area (TPSA) is 58.4 Å². The molecule has 0 spiro atoms. The van der Waals surface area contributed by atoms with Gasteiger partial charge in [0, 0.05) is 34.3 Å². The maximum Gasteiger partial charge on any atom is 0.273 e. The smallest absolute Gasteiger partial charge is 0.273 e. The molecule has 0 saturated carbocycles. The van der Waals surface area contributed by atoms with Crippen LogP contribution in [0.1, 0.15) is 22.1 Å². The molecule has 3 aromatic rings. The number of rotatable bonds is 6. The largest absolute Gasteiger partial charge is 0.355 e. The molecule has 1 aromatic heterocycles. The summed E-state index contributed by atoms with van der Waals surface area (Å²) in [6, 6.07) is 11.9. The molecule has 1 amide bonds. The Bertz CT molecular complexity index is 974. The fraction of sp³-hybridized carbons (Fsp3) is 0.200. The first kappa shape index (κ1) is 20.2. The number of hydrogen-bond acceptors (Lipinski definition) is 4. The number of benzene rings is 2. The van der Waals surface area contributed by atoms with Crippen LogP contribution in [0.4, 0.5) is 8.78 Å². The lowest BCUT2D eigenvalue weighted by atomic mass is 10.0. The van der Waals surface area contributed by atoms with Crippen molar-refractivity contribution in [2.75, 3.05) is 20.6 Å². The van der Waals surface area contributed by atoms with Crippen LogP contribution in [0.3, 0.4) is 0 Å². The SMILES string of the molecule is CN(C)[C@@H](CNC(=O)c1cc(-c2ccc(Br)cc2)on1)c1ccc(F)cc1F. The van der Waals surface area contributed by atoms with E-state index in [1.807, 2.05) is 24.3 Å². The highest BCUT2D eigenvalue weighted by atomic mass is 79.9. The van der Waals surface area contributed by atoms with Gasteiger partial charge in [-0.2, -0.15) is 0 Å². The van der Waals surface area contributed by atoms with Crippen molar-refractivity contribution in [2.45, 2.75) is 6.04 Å². The summed E-state index contributed by atoms with van der Waals surface area (Å²) < 4.78 is 33.5. The van der Waals surface area contributed by atoms with E-state index < -0.39 is 23.6 Å². The van der Waals surface area contributed by atoms with Crippen LogP contribution < -0.4 is 5.32 Å². The minimum atomic E-state index is -0.660. The first-order chi connectivity index (χ1) is 13.3. The number of carbonyl (C=O) groups is 1. The molecule has 8 heteroatoms. The number of likely N-dealkylation sites (N-methyl/N-ethyl adjacent to an activating group) is 1. The molecule has 0 aliphatic rings. The highest BCUT2D eigenvalue weighted by molar-refractivity contribution is 9.10. The average Bonchev–Trinajstić information content (AvgIpc) is 3.14. The molecule has 0 aliphatic heterocycles. The van der Waals surface area contributed by atoms with Gasteiger partial charge in [0.05, 0.1) is 6.04 Å². The van der Waals surface area contributed by atoms with Gasteiger partial charge in [0.15, 0.2) is 11.5 Å². The summed E-state index contributed by atoms with van der Waals surface area (Å²) in [6.07, 6.45) is 0. The fourth-order valence-electron chi connectivity index (χ4n) is 2.75. The number of nitrogens with one attached hydrogen (secondary N) is 1. The molecule has 3 rings (SSSR count). The predicted octanol–water partition coefficient (Wildman–Crippen LogP) is 4.42. The molecule has 1 atom stereocenters. The van der Waals surface area contributed by atoms with Crippen LogP contribution in [0.2, 0.25) is 0 Å². The molecule has 0 radical (unpaired) electrons. The highest BCUT2D eigenvalue weighted by Crippen LogP contribution is 2.24. The van der Waals surface area contributed by atoms with Crippen molar-refractivity contribution in [1.29, 1.82) is 0 Å². The van der Waals surface area contributed by atoms with Crippen molar-refractivity contribution in [3.63, 3.8) is 0 Å². The lowest BCUT2D eigenvalue weighted by Crippen LogP contribution is -2.35. The van der Waals surface area contributed by atoms with E-state index in [4.69, 9.17) is 4.52 Å². The second kappa shape index (κ2) is 8.62. The third kappa shape index (κ3) is 4.63. The summed E-state index contributed by atoms with van der Waals surface area (Å²) in [6.45, 7) is 0.120. The molecular formula is C20H18BrF2N3O2. The van der Waals surface area contributed by atoms with Crippen LogP contribution in [-0.4, -0.2) is 36.6 Å². The van der Waals surface area contributed by atoms with Crippen molar-refractivity contribution in [2.24, 2.45) is 0 Å². The summed E-state index contributed by atoms with van der Waals surface area (Å²) in [7, 11) is 3.50. The number of aromatic nitrogens is 1. The molecule has 5 nitrogen and oxygen atoms in total. The van der Waals surface area contributed by atoms with E-state index in [-0.39, 0.29) is 12.2 Å². The van der Waals surface area contributed by atoms with Gasteiger partial charge >= 0.3 is 0 Å². The van der Waals surface area contributed by atoms with E-state index in [9.17, 15) is 13.6 Å². The second-order valence-electron chi connectivity index (χ2n) is 6.44. The van der Waals surface area contributed by atoms with Crippen LogP contribution >= 0.6 is 15.9 Å². The van der Waals surface area contributed by atoms with Gasteiger partial charge < -0.3 is 14.7 Å². The summed E-state index contributed by atoms with van der Waals surface area (Å²) in [5, 5.41) is 6.53. The maximum absolute atomic E-state index is 14.1. The Morgan fingerprint density at radius 3 is 2.54 bits per heavy atom. The molecule has 0 bridgehead atoms. The number of amides is 1. The zero-order valence-corrected chi connectivity index (χ0v) is 16.8. The molecule has 0 fully saturated rings. The standard InChI is InChI=1S/C20H18BrF2N3O2/c1-26(2)18(15-8-7-14(22)9-16(15)23)11-24-20(27)17-10-19(28-25-17)12-3-5-13(21)6-4-12/h3-10,18H,11H2,1-2H3,(H,24,27)/t18-/m0/s1. The average molecular weight is 450 g/mol. The molecule has 1 heterocycles. The van der Waals surface area contributed by atoms with Crippen LogP contribution in [0, 0.1) is 11.6 Å². The van der Waals surface area contributed by atoms with Crippen LogP contribution in [-0.2, 0) is 0 Å². The van der Waals surface area contributed by atoms with E-state index >= 15 is 0 Å². The van der Waals surface area contributed by atoms with Gasteiger partial charge in [-0.1, -0.05) is 39.3 Å².